The molecule has 17 heavy (non-hydrogen) atoms. The van der Waals surface area contributed by atoms with E-state index >= 15 is 0 Å². The zero-order chi connectivity index (χ0) is 12.1. The summed E-state index contributed by atoms with van der Waals surface area (Å²) in [6.07, 6.45) is 9.43. The van der Waals surface area contributed by atoms with E-state index in [2.05, 4.69) is 20.7 Å². The lowest BCUT2D eigenvalue weighted by Crippen LogP contribution is -2.17. The van der Waals surface area contributed by atoms with E-state index in [0.717, 1.165) is 25.1 Å². The predicted molar refractivity (Wildman–Crippen MR) is 67.5 cm³/mol. The maximum Gasteiger partial charge on any atom is 0.0949 e. The monoisotopic (exact) mass is 230 g/mol. The number of pyridine rings is 1. The molecule has 4 heteroatoms. The van der Waals surface area contributed by atoms with Crippen LogP contribution < -0.4 is 5.73 Å². The van der Waals surface area contributed by atoms with Gasteiger partial charge in [0.1, 0.15) is 0 Å². The lowest BCUT2D eigenvalue weighted by atomic mass is 10.2. The number of rotatable bonds is 5. The fourth-order valence-corrected chi connectivity index (χ4v) is 1.77. The van der Waals surface area contributed by atoms with Gasteiger partial charge in [-0.05, 0) is 31.0 Å². The first-order valence-corrected chi connectivity index (χ1v) is 5.89. The van der Waals surface area contributed by atoms with E-state index in [-0.39, 0.29) is 6.04 Å². The van der Waals surface area contributed by atoms with Crippen LogP contribution in [0.15, 0.2) is 37.1 Å². The van der Waals surface area contributed by atoms with Gasteiger partial charge in [-0.2, -0.15) is 0 Å². The van der Waals surface area contributed by atoms with E-state index in [1.807, 2.05) is 37.8 Å². The SMILES string of the molecule is CC(N)Cc1cn(CCc2ccncc2)cn1. The second-order valence-electron chi connectivity index (χ2n) is 4.39. The van der Waals surface area contributed by atoms with E-state index in [0.29, 0.717) is 0 Å². The number of hydrogen-bond acceptors (Lipinski definition) is 3. The number of aryl methyl sites for hydroxylation is 2. The first-order valence-electron chi connectivity index (χ1n) is 5.89. The Bertz CT molecular complexity index is 447. The predicted octanol–water partition coefficient (Wildman–Crippen LogP) is 1.41. The minimum absolute atomic E-state index is 0.165. The van der Waals surface area contributed by atoms with Gasteiger partial charge in [-0.3, -0.25) is 4.98 Å². The van der Waals surface area contributed by atoms with Crippen molar-refractivity contribution in [1.82, 2.24) is 14.5 Å². The van der Waals surface area contributed by atoms with Crippen LogP contribution in [-0.4, -0.2) is 20.6 Å². The van der Waals surface area contributed by atoms with Gasteiger partial charge < -0.3 is 10.3 Å². The third-order valence-corrected chi connectivity index (χ3v) is 2.63. The average Bonchev–Trinajstić information content (AvgIpc) is 2.75. The van der Waals surface area contributed by atoms with Gasteiger partial charge in [0.15, 0.2) is 0 Å². The van der Waals surface area contributed by atoms with Crippen molar-refractivity contribution in [3.05, 3.63) is 48.3 Å². The summed E-state index contributed by atoms with van der Waals surface area (Å²) in [4.78, 5) is 8.34. The van der Waals surface area contributed by atoms with Gasteiger partial charge in [0.2, 0.25) is 0 Å². The van der Waals surface area contributed by atoms with E-state index in [9.17, 15) is 0 Å². The van der Waals surface area contributed by atoms with Crippen molar-refractivity contribution in [3.8, 4) is 0 Å². The van der Waals surface area contributed by atoms with Crippen LogP contribution in [-0.2, 0) is 19.4 Å². The molecule has 1 unspecified atom stereocenters. The number of aromatic nitrogens is 3. The second kappa shape index (κ2) is 5.59. The molecule has 2 N–H and O–H groups in total. The molecule has 2 heterocycles. The minimum Gasteiger partial charge on any atom is -0.337 e. The third kappa shape index (κ3) is 3.67. The highest BCUT2D eigenvalue weighted by atomic mass is 15.0. The fourth-order valence-electron chi connectivity index (χ4n) is 1.77. The Hall–Kier alpha value is -1.68. The molecule has 90 valence electrons. The van der Waals surface area contributed by atoms with Gasteiger partial charge in [-0.15, -0.1) is 0 Å². The Morgan fingerprint density at radius 3 is 2.82 bits per heavy atom. The molecule has 0 spiro atoms. The molecular weight excluding hydrogens is 212 g/mol. The van der Waals surface area contributed by atoms with Crippen molar-refractivity contribution in [3.63, 3.8) is 0 Å². The Morgan fingerprint density at radius 2 is 2.12 bits per heavy atom. The molecule has 0 bridgehead atoms. The summed E-state index contributed by atoms with van der Waals surface area (Å²) in [7, 11) is 0. The lowest BCUT2D eigenvalue weighted by molar-refractivity contribution is 0.690. The van der Waals surface area contributed by atoms with E-state index in [1.165, 1.54) is 5.56 Å². The standard InChI is InChI=1S/C13H18N4/c1-11(14)8-13-9-17(10-16-13)7-4-12-2-5-15-6-3-12/h2-3,5-6,9-11H,4,7-8,14H2,1H3. The zero-order valence-electron chi connectivity index (χ0n) is 10.1. The van der Waals surface area contributed by atoms with Crippen molar-refractivity contribution in [2.75, 3.05) is 0 Å². The molecule has 2 aromatic rings. The van der Waals surface area contributed by atoms with Crippen LogP contribution in [0.2, 0.25) is 0 Å². The molecule has 4 nitrogen and oxygen atoms in total. The molecule has 0 aromatic carbocycles. The van der Waals surface area contributed by atoms with Crippen molar-refractivity contribution < 1.29 is 0 Å². The van der Waals surface area contributed by atoms with Gasteiger partial charge in [-0.1, -0.05) is 0 Å². The van der Waals surface area contributed by atoms with Crippen LogP contribution in [0.1, 0.15) is 18.2 Å². The highest BCUT2D eigenvalue weighted by Gasteiger charge is 2.02. The van der Waals surface area contributed by atoms with Crippen molar-refractivity contribution >= 4 is 0 Å². The lowest BCUT2D eigenvalue weighted by Gasteiger charge is -2.02. The normalized spacial score (nSPS) is 12.6. The van der Waals surface area contributed by atoms with E-state index in [4.69, 9.17) is 5.73 Å². The van der Waals surface area contributed by atoms with Crippen molar-refractivity contribution in [2.45, 2.75) is 32.4 Å². The molecular formula is C13H18N4. The number of hydrogen-bond donors (Lipinski definition) is 1. The molecule has 0 saturated carbocycles. The van der Waals surface area contributed by atoms with E-state index in [1.54, 1.807) is 0 Å². The van der Waals surface area contributed by atoms with Crippen LogP contribution in [0.4, 0.5) is 0 Å². The molecule has 2 rings (SSSR count). The summed E-state index contributed by atoms with van der Waals surface area (Å²) in [5, 5.41) is 0. The number of nitrogens with two attached hydrogens (primary N) is 1. The largest absolute Gasteiger partial charge is 0.337 e. The van der Waals surface area contributed by atoms with Crippen LogP contribution >= 0.6 is 0 Å². The number of imidazole rings is 1. The Balaban J connectivity index is 1.89. The number of nitrogens with zero attached hydrogens (tertiary/aromatic N) is 3. The first-order chi connectivity index (χ1) is 8.24. The Kier molecular flexibility index (Phi) is 3.88. The summed E-state index contributed by atoms with van der Waals surface area (Å²) in [6.45, 7) is 2.94. The van der Waals surface area contributed by atoms with Crippen molar-refractivity contribution in [1.29, 1.82) is 0 Å². The van der Waals surface area contributed by atoms with Gasteiger partial charge in [0, 0.05) is 37.6 Å². The molecule has 0 radical (unpaired) electrons. The third-order valence-electron chi connectivity index (χ3n) is 2.63. The van der Waals surface area contributed by atoms with Gasteiger partial charge >= 0.3 is 0 Å². The smallest absolute Gasteiger partial charge is 0.0949 e. The molecule has 0 aliphatic heterocycles. The van der Waals surface area contributed by atoms with Crippen LogP contribution in [0, 0.1) is 0 Å². The molecule has 0 fully saturated rings. The second-order valence-corrected chi connectivity index (χ2v) is 4.39. The van der Waals surface area contributed by atoms with E-state index < -0.39 is 0 Å². The van der Waals surface area contributed by atoms with Crippen molar-refractivity contribution in [2.24, 2.45) is 5.73 Å². The maximum absolute atomic E-state index is 5.74. The first kappa shape index (κ1) is 11.8. The fraction of sp³-hybridized carbons (Fsp3) is 0.385. The average molecular weight is 230 g/mol. The molecule has 1 atom stereocenters. The van der Waals surface area contributed by atoms with Crippen LogP contribution in [0.3, 0.4) is 0 Å². The molecule has 0 amide bonds. The summed E-state index contributed by atoms with van der Waals surface area (Å²) >= 11 is 0. The summed E-state index contributed by atoms with van der Waals surface area (Å²) in [6, 6.07) is 4.25. The topological polar surface area (TPSA) is 56.7 Å². The maximum atomic E-state index is 5.74. The summed E-state index contributed by atoms with van der Waals surface area (Å²) in [5.74, 6) is 0. The minimum atomic E-state index is 0.165. The molecule has 0 aliphatic carbocycles. The van der Waals surface area contributed by atoms with Crippen LogP contribution in [0.25, 0.3) is 0 Å². The molecule has 0 saturated heterocycles. The van der Waals surface area contributed by atoms with Gasteiger partial charge in [0.25, 0.3) is 0 Å². The Morgan fingerprint density at radius 1 is 1.35 bits per heavy atom. The summed E-state index contributed by atoms with van der Waals surface area (Å²) in [5.41, 5.74) is 8.10. The highest BCUT2D eigenvalue weighted by Crippen LogP contribution is 2.03. The zero-order valence-corrected chi connectivity index (χ0v) is 10.1. The molecule has 2 aromatic heterocycles. The molecule has 0 aliphatic rings. The quantitative estimate of drug-likeness (QED) is 0.845. The highest BCUT2D eigenvalue weighted by molar-refractivity contribution is 5.09. The summed E-state index contributed by atoms with van der Waals surface area (Å²) < 4.78 is 2.11. The van der Waals surface area contributed by atoms with Gasteiger partial charge in [-0.25, -0.2) is 4.98 Å². The Labute approximate surface area is 102 Å². The van der Waals surface area contributed by atoms with Gasteiger partial charge in [0.05, 0.1) is 12.0 Å². The van der Waals surface area contributed by atoms with Crippen LogP contribution in [0.5, 0.6) is 0 Å².